The van der Waals surface area contributed by atoms with Crippen LogP contribution in [0.15, 0.2) is 48.5 Å². The molecule has 0 amide bonds. The summed E-state index contributed by atoms with van der Waals surface area (Å²) in [5.41, 5.74) is 2.31. The minimum Gasteiger partial charge on any atom is -0.493 e. The van der Waals surface area contributed by atoms with Gasteiger partial charge in [0.1, 0.15) is 5.75 Å². The fourth-order valence-electron chi connectivity index (χ4n) is 1.83. The van der Waals surface area contributed by atoms with Crippen LogP contribution in [0.25, 0.3) is 11.1 Å². The molecule has 0 unspecified atom stereocenters. The normalized spacial score (nSPS) is 10.2. The zero-order chi connectivity index (χ0) is 13.0. The molecular weight excluding hydrogens is 227 g/mol. The second-order valence-corrected chi connectivity index (χ2v) is 3.93. The van der Waals surface area contributed by atoms with Crippen LogP contribution in [0.5, 0.6) is 5.75 Å². The molecule has 0 bridgehead atoms. The molecule has 0 heterocycles. The first-order chi connectivity index (χ1) is 8.72. The molecule has 0 aromatic heterocycles. The lowest BCUT2D eigenvalue weighted by Gasteiger charge is -2.12. The Kier molecular flexibility index (Phi) is 4.02. The van der Waals surface area contributed by atoms with Crippen LogP contribution in [0.4, 0.5) is 0 Å². The predicted octanol–water partition coefficient (Wildman–Crippen LogP) is 1.43. The Bertz CT molecular complexity index is 512. The Morgan fingerprint density at radius 3 is 2.39 bits per heavy atom. The second kappa shape index (κ2) is 5.71. The van der Waals surface area contributed by atoms with E-state index in [0.717, 1.165) is 16.9 Å². The van der Waals surface area contributed by atoms with Crippen molar-refractivity contribution in [3.8, 4) is 16.9 Å². The van der Waals surface area contributed by atoms with E-state index in [1.54, 1.807) is 18.2 Å². The first kappa shape index (κ1) is 12.7. The fourth-order valence-corrected chi connectivity index (χ4v) is 1.83. The van der Waals surface area contributed by atoms with Crippen molar-refractivity contribution < 1.29 is 14.8 Å². The molecule has 2 aromatic carbocycles. The molecule has 92 valence electrons. The van der Waals surface area contributed by atoms with Gasteiger partial charge in [-0.3, -0.25) is 0 Å². The minimum absolute atomic E-state index is 0.456. The maximum atomic E-state index is 9.23. The van der Waals surface area contributed by atoms with Crippen LogP contribution in [0.1, 0.15) is 6.92 Å². The van der Waals surface area contributed by atoms with E-state index in [2.05, 4.69) is 0 Å². The average molecular weight is 242 g/mol. The quantitative estimate of drug-likeness (QED) is 0.797. The van der Waals surface area contributed by atoms with Crippen LogP contribution in [0.2, 0.25) is 0 Å². The zero-order valence-corrected chi connectivity index (χ0v) is 10.2. The summed E-state index contributed by atoms with van der Waals surface area (Å²) in [6.45, 7) is 2.49. The van der Waals surface area contributed by atoms with Gasteiger partial charge in [0.25, 0.3) is 0 Å². The maximum absolute atomic E-state index is 9.23. The van der Waals surface area contributed by atoms with Crippen LogP contribution >= 0.6 is 0 Å². The SMILES string of the molecule is CCOc1ccc(B(O)O)cc1-c1ccccc1. The van der Waals surface area contributed by atoms with Crippen molar-refractivity contribution >= 4 is 12.6 Å². The summed E-state index contributed by atoms with van der Waals surface area (Å²) in [5, 5.41) is 18.5. The van der Waals surface area contributed by atoms with E-state index >= 15 is 0 Å². The van der Waals surface area contributed by atoms with Gasteiger partial charge in [-0.2, -0.15) is 0 Å². The summed E-state index contributed by atoms with van der Waals surface area (Å²) < 4.78 is 5.56. The highest BCUT2D eigenvalue weighted by atomic mass is 16.5. The molecule has 2 rings (SSSR count). The molecule has 0 aliphatic heterocycles. The van der Waals surface area contributed by atoms with Gasteiger partial charge in [0.05, 0.1) is 6.61 Å². The Hall–Kier alpha value is -1.78. The van der Waals surface area contributed by atoms with Gasteiger partial charge in [0, 0.05) is 5.56 Å². The van der Waals surface area contributed by atoms with E-state index in [-0.39, 0.29) is 0 Å². The fraction of sp³-hybridized carbons (Fsp3) is 0.143. The van der Waals surface area contributed by atoms with Gasteiger partial charge < -0.3 is 14.8 Å². The Labute approximate surface area is 107 Å². The molecule has 0 saturated heterocycles. The van der Waals surface area contributed by atoms with E-state index in [0.29, 0.717) is 12.1 Å². The largest absolute Gasteiger partial charge is 0.493 e. The molecule has 4 heteroatoms. The van der Waals surface area contributed by atoms with Gasteiger partial charge in [-0.1, -0.05) is 42.5 Å². The topological polar surface area (TPSA) is 49.7 Å². The number of hydrogen-bond acceptors (Lipinski definition) is 3. The van der Waals surface area contributed by atoms with Crippen molar-refractivity contribution in [1.82, 2.24) is 0 Å². The molecule has 0 saturated carbocycles. The van der Waals surface area contributed by atoms with Crippen molar-refractivity contribution in [3.05, 3.63) is 48.5 Å². The Balaban J connectivity index is 2.50. The number of ether oxygens (including phenoxy) is 1. The van der Waals surface area contributed by atoms with E-state index in [1.807, 2.05) is 37.3 Å². The summed E-state index contributed by atoms with van der Waals surface area (Å²) in [6.07, 6.45) is 0. The highest BCUT2D eigenvalue weighted by Crippen LogP contribution is 2.28. The third kappa shape index (κ3) is 2.72. The van der Waals surface area contributed by atoms with Crippen molar-refractivity contribution in [3.63, 3.8) is 0 Å². The minimum atomic E-state index is -1.47. The second-order valence-electron chi connectivity index (χ2n) is 3.93. The van der Waals surface area contributed by atoms with Crippen LogP contribution < -0.4 is 10.2 Å². The summed E-state index contributed by atoms with van der Waals surface area (Å²) >= 11 is 0. The van der Waals surface area contributed by atoms with E-state index in [9.17, 15) is 10.0 Å². The number of benzene rings is 2. The zero-order valence-electron chi connectivity index (χ0n) is 10.2. The molecule has 2 aromatic rings. The third-order valence-corrected chi connectivity index (χ3v) is 2.69. The van der Waals surface area contributed by atoms with Gasteiger partial charge in [-0.15, -0.1) is 0 Å². The monoisotopic (exact) mass is 242 g/mol. The first-order valence-corrected chi connectivity index (χ1v) is 5.90. The molecule has 0 aliphatic carbocycles. The Morgan fingerprint density at radius 2 is 1.78 bits per heavy atom. The van der Waals surface area contributed by atoms with E-state index in [4.69, 9.17) is 4.74 Å². The Morgan fingerprint density at radius 1 is 1.06 bits per heavy atom. The number of rotatable bonds is 4. The molecule has 2 N–H and O–H groups in total. The van der Waals surface area contributed by atoms with Gasteiger partial charge in [-0.25, -0.2) is 0 Å². The summed E-state index contributed by atoms with van der Waals surface area (Å²) in [7, 11) is -1.47. The van der Waals surface area contributed by atoms with E-state index in [1.165, 1.54) is 0 Å². The smallest absolute Gasteiger partial charge is 0.488 e. The van der Waals surface area contributed by atoms with E-state index < -0.39 is 7.12 Å². The lowest BCUT2D eigenvalue weighted by molar-refractivity contribution is 0.341. The summed E-state index contributed by atoms with van der Waals surface area (Å²) in [4.78, 5) is 0. The average Bonchev–Trinajstić information content (AvgIpc) is 2.40. The summed E-state index contributed by atoms with van der Waals surface area (Å²) in [5.74, 6) is 0.744. The van der Waals surface area contributed by atoms with Gasteiger partial charge in [-0.05, 0) is 24.0 Å². The lowest BCUT2D eigenvalue weighted by atomic mass is 9.79. The maximum Gasteiger partial charge on any atom is 0.488 e. The van der Waals surface area contributed by atoms with Crippen LogP contribution in [-0.2, 0) is 0 Å². The van der Waals surface area contributed by atoms with Crippen molar-refractivity contribution in [2.24, 2.45) is 0 Å². The third-order valence-electron chi connectivity index (χ3n) is 2.69. The van der Waals surface area contributed by atoms with Crippen LogP contribution in [0, 0.1) is 0 Å². The van der Waals surface area contributed by atoms with Gasteiger partial charge >= 0.3 is 7.12 Å². The van der Waals surface area contributed by atoms with Crippen molar-refractivity contribution in [1.29, 1.82) is 0 Å². The summed E-state index contributed by atoms with van der Waals surface area (Å²) in [6, 6.07) is 14.9. The highest BCUT2D eigenvalue weighted by Gasteiger charge is 2.14. The van der Waals surface area contributed by atoms with Crippen molar-refractivity contribution in [2.75, 3.05) is 6.61 Å². The molecular formula is C14H15BO3. The van der Waals surface area contributed by atoms with Gasteiger partial charge in [0.2, 0.25) is 0 Å². The molecule has 18 heavy (non-hydrogen) atoms. The molecule has 0 aliphatic rings. The highest BCUT2D eigenvalue weighted by molar-refractivity contribution is 6.58. The molecule has 0 radical (unpaired) electrons. The molecule has 0 atom stereocenters. The lowest BCUT2D eigenvalue weighted by Crippen LogP contribution is -2.29. The predicted molar refractivity (Wildman–Crippen MR) is 72.9 cm³/mol. The molecule has 0 fully saturated rings. The standard InChI is InChI=1S/C14H15BO3/c1-2-18-14-9-8-12(15(16)17)10-13(14)11-6-4-3-5-7-11/h3-10,16-17H,2H2,1H3. The van der Waals surface area contributed by atoms with Gasteiger partial charge in [0.15, 0.2) is 0 Å². The number of hydrogen-bond donors (Lipinski definition) is 2. The first-order valence-electron chi connectivity index (χ1n) is 5.90. The molecule has 3 nitrogen and oxygen atoms in total. The van der Waals surface area contributed by atoms with Crippen LogP contribution in [0.3, 0.4) is 0 Å². The van der Waals surface area contributed by atoms with Crippen molar-refractivity contribution in [2.45, 2.75) is 6.92 Å². The van der Waals surface area contributed by atoms with Crippen LogP contribution in [-0.4, -0.2) is 23.8 Å². The molecule has 0 spiro atoms.